The molecule has 0 aliphatic heterocycles. The third-order valence-electron chi connectivity index (χ3n) is 4.12. The molecule has 0 saturated heterocycles. The van der Waals surface area contributed by atoms with Crippen LogP contribution in [0.3, 0.4) is 0 Å². The number of carbonyl (C=O) groups excluding carboxylic acids is 1. The van der Waals surface area contributed by atoms with Crippen LogP contribution in [-0.4, -0.2) is 18.7 Å². The van der Waals surface area contributed by atoms with Gasteiger partial charge in [0.15, 0.2) is 0 Å². The summed E-state index contributed by atoms with van der Waals surface area (Å²) in [6.07, 6.45) is 13.5. The van der Waals surface area contributed by atoms with Gasteiger partial charge in [-0.1, -0.05) is 70.4 Å². The second-order valence-corrected chi connectivity index (χ2v) is 6.34. The van der Waals surface area contributed by atoms with E-state index in [4.69, 9.17) is 4.74 Å². The summed E-state index contributed by atoms with van der Waals surface area (Å²) in [5, 5.41) is 4.04. The molecule has 0 aliphatic rings. The number of unbranched alkanes of at least 4 members (excludes halogenated alkanes) is 8. The van der Waals surface area contributed by atoms with E-state index in [1.165, 1.54) is 44.9 Å². The predicted octanol–water partition coefficient (Wildman–Crippen LogP) is 5.46. The Morgan fingerprint density at radius 3 is 2.32 bits per heavy atom. The minimum atomic E-state index is -0.0203. The summed E-state index contributed by atoms with van der Waals surface area (Å²) in [5.74, 6) is 0.759. The van der Waals surface area contributed by atoms with E-state index in [1.54, 1.807) is 6.21 Å². The highest BCUT2D eigenvalue weighted by Crippen LogP contribution is 2.15. The molecule has 0 heterocycles. The Bertz CT molecular complexity index is 500. The lowest BCUT2D eigenvalue weighted by atomic mass is 10.1. The normalized spacial score (nSPS) is 11.0. The molecule has 1 aromatic carbocycles. The fraction of sp³-hybridized carbons (Fsp3) is 0.619. The van der Waals surface area contributed by atoms with E-state index in [0.29, 0.717) is 13.0 Å². The fourth-order valence-corrected chi connectivity index (χ4v) is 2.70. The molecule has 1 rings (SSSR count). The first-order valence-corrected chi connectivity index (χ1v) is 9.81. The molecule has 1 aromatic rings. The van der Waals surface area contributed by atoms with Gasteiger partial charge >= 0.3 is 0 Å². The number of carbonyl (C=O) groups is 1. The molecule has 0 spiro atoms. The van der Waals surface area contributed by atoms with Gasteiger partial charge in [-0.2, -0.15) is 5.10 Å². The van der Waals surface area contributed by atoms with Gasteiger partial charge in [0.05, 0.1) is 12.8 Å². The summed E-state index contributed by atoms with van der Waals surface area (Å²) in [6, 6.07) is 7.66. The van der Waals surface area contributed by atoms with Crippen LogP contribution in [0.2, 0.25) is 0 Å². The standard InChI is InChI=1S/C21H34N2O2/c1-3-5-6-7-8-9-10-11-12-17-21(24)23-22-18-19-15-13-14-16-20(19)25-4-2/h13-16,18H,3-12,17H2,1-2H3,(H,23,24)/b22-18+. The SMILES string of the molecule is CCCCCCCCCCCC(=O)N/N=C/c1ccccc1OCC. The second kappa shape index (κ2) is 14.5. The molecule has 0 saturated carbocycles. The van der Waals surface area contributed by atoms with Crippen LogP contribution in [0.25, 0.3) is 0 Å². The van der Waals surface area contributed by atoms with Crippen molar-refractivity contribution in [2.75, 3.05) is 6.61 Å². The number of rotatable bonds is 14. The van der Waals surface area contributed by atoms with Gasteiger partial charge in [0.25, 0.3) is 0 Å². The van der Waals surface area contributed by atoms with E-state index in [2.05, 4.69) is 17.5 Å². The minimum Gasteiger partial charge on any atom is -0.493 e. The first kappa shape index (κ1) is 21.2. The van der Waals surface area contributed by atoms with E-state index < -0.39 is 0 Å². The lowest BCUT2D eigenvalue weighted by Gasteiger charge is -2.06. The van der Waals surface area contributed by atoms with Crippen LogP contribution in [-0.2, 0) is 4.79 Å². The van der Waals surface area contributed by atoms with Gasteiger partial charge in [0.1, 0.15) is 5.75 Å². The van der Waals surface area contributed by atoms with E-state index in [-0.39, 0.29) is 5.91 Å². The van der Waals surface area contributed by atoms with Crippen LogP contribution in [0.5, 0.6) is 5.75 Å². The molecule has 0 bridgehead atoms. The number of hydrogen-bond donors (Lipinski definition) is 1. The minimum absolute atomic E-state index is 0.0203. The van der Waals surface area contributed by atoms with E-state index in [1.807, 2.05) is 31.2 Å². The number of amides is 1. The Hall–Kier alpha value is -1.84. The number of nitrogens with zero attached hydrogens (tertiary/aromatic N) is 1. The van der Waals surface area contributed by atoms with Gasteiger partial charge in [-0.25, -0.2) is 5.43 Å². The quantitative estimate of drug-likeness (QED) is 0.276. The number of hydrazone groups is 1. The Kier molecular flexibility index (Phi) is 12.3. The highest BCUT2D eigenvalue weighted by atomic mass is 16.5. The largest absolute Gasteiger partial charge is 0.493 e. The molecule has 1 amide bonds. The topological polar surface area (TPSA) is 50.7 Å². The molecule has 4 nitrogen and oxygen atoms in total. The summed E-state index contributed by atoms with van der Waals surface area (Å²) in [4.78, 5) is 11.8. The van der Waals surface area contributed by atoms with E-state index in [0.717, 1.165) is 24.2 Å². The molecule has 0 atom stereocenters. The molecular weight excluding hydrogens is 312 g/mol. The average molecular weight is 347 g/mol. The zero-order valence-electron chi connectivity index (χ0n) is 15.9. The van der Waals surface area contributed by atoms with E-state index >= 15 is 0 Å². The number of nitrogens with one attached hydrogen (secondary N) is 1. The van der Waals surface area contributed by atoms with Crippen LogP contribution in [0, 0.1) is 0 Å². The van der Waals surface area contributed by atoms with Crippen molar-refractivity contribution in [3.05, 3.63) is 29.8 Å². The van der Waals surface area contributed by atoms with Crippen molar-refractivity contribution in [2.24, 2.45) is 5.10 Å². The van der Waals surface area contributed by atoms with Gasteiger partial charge in [-0.15, -0.1) is 0 Å². The average Bonchev–Trinajstić information content (AvgIpc) is 2.62. The highest BCUT2D eigenvalue weighted by molar-refractivity contribution is 5.85. The van der Waals surface area contributed by atoms with Crippen LogP contribution in [0.15, 0.2) is 29.4 Å². The second-order valence-electron chi connectivity index (χ2n) is 6.34. The summed E-state index contributed by atoms with van der Waals surface area (Å²) in [6.45, 7) is 4.80. The van der Waals surface area contributed by atoms with Gasteiger partial charge in [0.2, 0.25) is 5.91 Å². The number of ether oxygens (including phenoxy) is 1. The highest BCUT2D eigenvalue weighted by Gasteiger charge is 2.01. The van der Waals surface area contributed by atoms with E-state index in [9.17, 15) is 4.79 Å². The molecule has 4 heteroatoms. The Morgan fingerprint density at radius 2 is 1.64 bits per heavy atom. The van der Waals surface area contributed by atoms with Crippen LogP contribution < -0.4 is 10.2 Å². The molecule has 1 N–H and O–H groups in total. The molecule has 0 unspecified atom stereocenters. The lowest BCUT2D eigenvalue weighted by Crippen LogP contribution is -2.17. The maximum Gasteiger partial charge on any atom is 0.240 e. The van der Waals surface area contributed by atoms with Gasteiger partial charge in [-0.05, 0) is 25.5 Å². The third-order valence-corrected chi connectivity index (χ3v) is 4.12. The molecule has 0 aliphatic carbocycles. The number of benzene rings is 1. The zero-order chi connectivity index (χ0) is 18.2. The summed E-state index contributed by atoms with van der Waals surface area (Å²) in [7, 11) is 0. The van der Waals surface area contributed by atoms with Crippen molar-refractivity contribution in [3.63, 3.8) is 0 Å². The fourth-order valence-electron chi connectivity index (χ4n) is 2.70. The van der Waals surface area contributed by atoms with Crippen molar-refractivity contribution in [1.82, 2.24) is 5.43 Å². The summed E-state index contributed by atoms with van der Waals surface area (Å²) >= 11 is 0. The van der Waals surface area contributed by atoms with Crippen LogP contribution >= 0.6 is 0 Å². The smallest absolute Gasteiger partial charge is 0.240 e. The van der Waals surface area contributed by atoms with Crippen molar-refractivity contribution in [1.29, 1.82) is 0 Å². The summed E-state index contributed by atoms with van der Waals surface area (Å²) < 4.78 is 5.52. The van der Waals surface area contributed by atoms with Crippen LogP contribution in [0.1, 0.15) is 83.6 Å². The molecule has 0 aromatic heterocycles. The van der Waals surface area contributed by atoms with Gasteiger partial charge < -0.3 is 4.74 Å². The molecule has 25 heavy (non-hydrogen) atoms. The first-order valence-electron chi connectivity index (χ1n) is 9.81. The first-order chi connectivity index (χ1) is 12.3. The number of para-hydroxylation sites is 1. The summed E-state index contributed by atoms with van der Waals surface area (Å²) in [5.41, 5.74) is 3.47. The van der Waals surface area contributed by atoms with Crippen molar-refractivity contribution < 1.29 is 9.53 Å². The zero-order valence-corrected chi connectivity index (χ0v) is 15.9. The Morgan fingerprint density at radius 1 is 1.00 bits per heavy atom. The van der Waals surface area contributed by atoms with Crippen molar-refractivity contribution in [2.45, 2.75) is 78.1 Å². The lowest BCUT2D eigenvalue weighted by molar-refractivity contribution is -0.121. The van der Waals surface area contributed by atoms with Crippen molar-refractivity contribution in [3.8, 4) is 5.75 Å². The molecule has 0 radical (unpaired) electrons. The monoisotopic (exact) mass is 346 g/mol. The predicted molar refractivity (Wildman–Crippen MR) is 105 cm³/mol. The molecular formula is C21H34N2O2. The van der Waals surface area contributed by atoms with Crippen LogP contribution in [0.4, 0.5) is 0 Å². The Balaban J connectivity index is 2.11. The molecule has 0 fully saturated rings. The number of hydrogen-bond acceptors (Lipinski definition) is 3. The maximum atomic E-state index is 11.8. The van der Waals surface area contributed by atoms with Crippen molar-refractivity contribution >= 4 is 12.1 Å². The molecule has 140 valence electrons. The van der Waals surface area contributed by atoms with Gasteiger partial charge in [-0.3, -0.25) is 4.79 Å². The Labute approximate surface area is 153 Å². The maximum absolute atomic E-state index is 11.8. The van der Waals surface area contributed by atoms with Gasteiger partial charge in [0, 0.05) is 12.0 Å². The third kappa shape index (κ3) is 10.6.